The Hall–Kier alpha value is -1.64. The first kappa shape index (κ1) is 13.8. The summed E-state index contributed by atoms with van der Waals surface area (Å²) in [5, 5.41) is 18.1. The molecule has 0 amide bonds. The second-order valence-electron chi connectivity index (χ2n) is 4.16. The highest BCUT2D eigenvalue weighted by Crippen LogP contribution is 2.24. The van der Waals surface area contributed by atoms with E-state index in [9.17, 15) is 10.1 Å². The molecule has 0 aliphatic heterocycles. The van der Waals surface area contributed by atoms with Gasteiger partial charge in [0.25, 0.3) is 5.69 Å². The number of hydrogen-bond acceptors (Lipinski definition) is 4. The van der Waals surface area contributed by atoms with E-state index in [0.29, 0.717) is 10.1 Å². The van der Waals surface area contributed by atoms with Crippen LogP contribution in [0.25, 0.3) is 0 Å². The van der Waals surface area contributed by atoms with E-state index in [2.05, 4.69) is 10.4 Å². The molecular weight excluding hydrogens is 359 g/mol. The van der Waals surface area contributed by atoms with Gasteiger partial charge in [0.05, 0.1) is 14.7 Å². The highest BCUT2D eigenvalue weighted by molar-refractivity contribution is 14.1. The van der Waals surface area contributed by atoms with E-state index < -0.39 is 0 Å². The Balaban J connectivity index is 2.10. The lowest BCUT2D eigenvalue weighted by Crippen LogP contribution is -2.02. The summed E-state index contributed by atoms with van der Waals surface area (Å²) in [7, 11) is 1.90. The zero-order chi connectivity index (χ0) is 14.0. The fourth-order valence-corrected chi connectivity index (χ4v) is 2.39. The van der Waals surface area contributed by atoms with E-state index in [1.165, 1.54) is 6.07 Å². The van der Waals surface area contributed by atoms with Crippen molar-refractivity contribution in [3.05, 3.63) is 49.3 Å². The molecule has 1 aromatic heterocycles. The van der Waals surface area contributed by atoms with Crippen LogP contribution in [0, 0.1) is 20.6 Å². The maximum Gasteiger partial charge on any atom is 0.282 e. The van der Waals surface area contributed by atoms with Crippen LogP contribution in [-0.2, 0) is 13.6 Å². The van der Waals surface area contributed by atoms with Crippen molar-refractivity contribution in [2.24, 2.45) is 7.05 Å². The van der Waals surface area contributed by atoms with Crippen molar-refractivity contribution in [1.82, 2.24) is 9.78 Å². The molecule has 1 heterocycles. The highest BCUT2D eigenvalue weighted by Gasteiger charge is 2.11. The van der Waals surface area contributed by atoms with Gasteiger partial charge in [-0.2, -0.15) is 5.10 Å². The number of nitrogens with one attached hydrogen (secondary N) is 1. The Labute approximate surface area is 124 Å². The number of aryl methyl sites for hydroxylation is 1. The quantitative estimate of drug-likeness (QED) is 0.509. The van der Waals surface area contributed by atoms with Gasteiger partial charge in [-0.15, -0.1) is 0 Å². The Kier molecular flexibility index (Phi) is 4.03. The third kappa shape index (κ3) is 3.03. The molecule has 1 aromatic carbocycles. The average molecular weight is 372 g/mol. The molecule has 0 radical (unpaired) electrons. The Morgan fingerprint density at radius 1 is 1.53 bits per heavy atom. The number of nitro groups is 1. The molecule has 0 saturated carbocycles. The second kappa shape index (κ2) is 5.55. The molecule has 2 aromatic rings. The van der Waals surface area contributed by atoms with E-state index in [-0.39, 0.29) is 10.6 Å². The van der Waals surface area contributed by atoms with Crippen LogP contribution in [0.4, 0.5) is 11.4 Å². The zero-order valence-electron chi connectivity index (χ0n) is 10.6. The molecule has 0 fully saturated rings. The standard InChI is InChI=1S/C12H13IN4O2/c1-8-9(7-15-16(8)2)6-14-10-3-4-12(17(18)19)11(13)5-10/h3-5,7,14H,6H2,1-2H3. The Morgan fingerprint density at radius 2 is 2.26 bits per heavy atom. The molecule has 0 bridgehead atoms. The van der Waals surface area contributed by atoms with E-state index in [4.69, 9.17) is 0 Å². The summed E-state index contributed by atoms with van der Waals surface area (Å²) in [5.74, 6) is 0. The minimum Gasteiger partial charge on any atom is -0.381 e. The van der Waals surface area contributed by atoms with Gasteiger partial charge in [0.15, 0.2) is 0 Å². The number of nitro benzene ring substituents is 1. The van der Waals surface area contributed by atoms with Crippen molar-refractivity contribution in [1.29, 1.82) is 0 Å². The van der Waals surface area contributed by atoms with Crippen molar-refractivity contribution in [3.8, 4) is 0 Å². The van der Waals surface area contributed by atoms with Crippen LogP contribution < -0.4 is 5.32 Å². The van der Waals surface area contributed by atoms with Crippen molar-refractivity contribution >= 4 is 34.0 Å². The largest absolute Gasteiger partial charge is 0.381 e. The van der Waals surface area contributed by atoms with Crippen molar-refractivity contribution in [3.63, 3.8) is 0 Å². The smallest absolute Gasteiger partial charge is 0.282 e. The summed E-state index contributed by atoms with van der Waals surface area (Å²) < 4.78 is 2.44. The molecule has 0 unspecified atom stereocenters. The van der Waals surface area contributed by atoms with Crippen LogP contribution in [0.2, 0.25) is 0 Å². The minimum absolute atomic E-state index is 0.128. The third-order valence-electron chi connectivity index (χ3n) is 2.96. The van der Waals surface area contributed by atoms with E-state index in [1.807, 2.05) is 47.4 Å². The molecule has 0 aliphatic rings. The first-order chi connectivity index (χ1) is 8.99. The molecule has 0 aliphatic carbocycles. The molecule has 19 heavy (non-hydrogen) atoms. The van der Waals surface area contributed by atoms with Crippen molar-refractivity contribution in [2.45, 2.75) is 13.5 Å². The molecular formula is C12H13IN4O2. The van der Waals surface area contributed by atoms with Gasteiger partial charge in [-0.25, -0.2) is 0 Å². The maximum absolute atomic E-state index is 10.7. The number of hydrogen-bond donors (Lipinski definition) is 1. The van der Waals surface area contributed by atoms with E-state index in [1.54, 1.807) is 12.1 Å². The number of halogens is 1. The number of benzene rings is 1. The monoisotopic (exact) mass is 372 g/mol. The van der Waals surface area contributed by atoms with E-state index >= 15 is 0 Å². The van der Waals surface area contributed by atoms with Crippen LogP contribution in [0.5, 0.6) is 0 Å². The number of anilines is 1. The average Bonchev–Trinajstić information content (AvgIpc) is 2.67. The fraction of sp³-hybridized carbons (Fsp3) is 0.250. The summed E-state index contributed by atoms with van der Waals surface area (Å²) in [6, 6.07) is 5.00. The number of rotatable bonds is 4. The van der Waals surface area contributed by atoms with Crippen LogP contribution in [0.15, 0.2) is 24.4 Å². The summed E-state index contributed by atoms with van der Waals surface area (Å²) in [6.07, 6.45) is 1.82. The fourth-order valence-electron chi connectivity index (χ4n) is 1.68. The molecule has 0 saturated heterocycles. The topological polar surface area (TPSA) is 73.0 Å². The SMILES string of the molecule is Cc1c(CNc2ccc([N+](=O)[O-])c(I)c2)cnn1C. The highest BCUT2D eigenvalue weighted by atomic mass is 127. The van der Waals surface area contributed by atoms with Gasteiger partial charge in [0.2, 0.25) is 0 Å². The minimum atomic E-state index is -0.378. The first-order valence-corrected chi connectivity index (χ1v) is 6.72. The molecule has 0 spiro atoms. The molecule has 0 atom stereocenters. The Bertz CT molecular complexity index is 624. The maximum atomic E-state index is 10.7. The molecule has 1 N–H and O–H groups in total. The lowest BCUT2D eigenvalue weighted by molar-refractivity contribution is -0.385. The van der Waals surface area contributed by atoms with Crippen LogP contribution >= 0.6 is 22.6 Å². The van der Waals surface area contributed by atoms with E-state index in [0.717, 1.165) is 16.9 Å². The predicted octanol–water partition coefficient (Wildman–Crippen LogP) is 2.85. The van der Waals surface area contributed by atoms with Gasteiger partial charge in [-0.05, 0) is 41.6 Å². The van der Waals surface area contributed by atoms with Gasteiger partial charge >= 0.3 is 0 Å². The van der Waals surface area contributed by atoms with Gasteiger partial charge in [-0.1, -0.05) is 0 Å². The Morgan fingerprint density at radius 3 is 2.79 bits per heavy atom. The molecule has 100 valence electrons. The van der Waals surface area contributed by atoms with Crippen molar-refractivity contribution in [2.75, 3.05) is 5.32 Å². The summed E-state index contributed by atoms with van der Waals surface area (Å²) in [6.45, 7) is 2.65. The number of aromatic nitrogens is 2. The normalized spacial score (nSPS) is 10.5. The van der Waals surface area contributed by atoms with Crippen LogP contribution in [0.1, 0.15) is 11.3 Å². The van der Waals surface area contributed by atoms with Gasteiger partial charge in [-0.3, -0.25) is 14.8 Å². The number of nitrogens with zero attached hydrogens (tertiary/aromatic N) is 3. The third-order valence-corrected chi connectivity index (χ3v) is 3.83. The molecule has 2 rings (SSSR count). The second-order valence-corrected chi connectivity index (χ2v) is 5.32. The lowest BCUT2D eigenvalue weighted by atomic mass is 10.2. The summed E-state index contributed by atoms with van der Waals surface area (Å²) >= 11 is 1.97. The molecule has 6 nitrogen and oxygen atoms in total. The predicted molar refractivity (Wildman–Crippen MR) is 81.1 cm³/mol. The van der Waals surface area contributed by atoms with Gasteiger partial charge < -0.3 is 5.32 Å². The first-order valence-electron chi connectivity index (χ1n) is 5.64. The van der Waals surface area contributed by atoms with Gasteiger partial charge in [0, 0.05) is 36.6 Å². The lowest BCUT2D eigenvalue weighted by Gasteiger charge is -2.06. The summed E-state index contributed by atoms with van der Waals surface area (Å²) in [5.41, 5.74) is 3.20. The van der Waals surface area contributed by atoms with Gasteiger partial charge in [0.1, 0.15) is 0 Å². The van der Waals surface area contributed by atoms with Crippen LogP contribution in [0.3, 0.4) is 0 Å². The van der Waals surface area contributed by atoms with Crippen molar-refractivity contribution < 1.29 is 4.92 Å². The zero-order valence-corrected chi connectivity index (χ0v) is 12.7. The summed E-state index contributed by atoms with van der Waals surface area (Å²) in [4.78, 5) is 10.4. The van der Waals surface area contributed by atoms with Crippen LogP contribution in [-0.4, -0.2) is 14.7 Å². The molecule has 7 heteroatoms.